The fraction of sp³-hybridized carbons (Fsp3) is 0.481. The number of hydrogen-bond donors (Lipinski definition) is 2. The molecule has 2 amide bonds. The number of thioether (sulfide) groups is 1. The SMILES string of the molecule is CCCCCCCN(CCCCCSc1nc2ccc(C)cc2[nH]1)C(=O)Nc1ccc(F)cc1F. The highest BCUT2D eigenvalue weighted by atomic mass is 32.2. The van der Waals surface area contributed by atoms with Crippen molar-refractivity contribution in [2.75, 3.05) is 24.2 Å². The van der Waals surface area contributed by atoms with E-state index in [0.29, 0.717) is 13.1 Å². The molecule has 35 heavy (non-hydrogen) atoms. The van der Waals surface area contributed by atoms with Crippen molar-refractivity contribution in [3.8, 4) is 0 Å². The number of nitrogens with zero attached hydrogens (tertiary/aromatic N) is 2. The number of nitrogens with one attached hydrogen (secondary N) is 2. The summed E-state index contributed by atoms with van der Waals surface area (Å²) < 4.78 is 27.2. The molecule has 2 aromatic carbocycles. The molecule has 5 nitrogen and oxygen atoms in total. The topological polar surface area (TPSA) is 61.0 Å². The lowest BCUT2D eigenvalue weighted by Crippen LogP contribution is -2.36. The van der Waals surface area contributed by atoms with Crippen LogP contribution < -0.4 is 5.32 Å². The number of benzene rings is 2. The molecule has 0 fully saturated rings. The number of unbranched alkanes of at least 4 members (excludes halogenated alkanes) is 6. The van der Waals surface area contributed by atoms with E-state index in [2.05, 4.69) is 41.3 Å². The Kier molecular flexibility index (Phi) is 10.8. The van der Waals surface area contributed by atoms with E-state index in [1.807, 2.05) is 6.07 Å². The number of halogens is 2. The van der Waals surface area contributed by atoms with Crippen molar-refractivity contribution in [2.45, 2.75) is 70.4 Å². The standard InChI is InChI=1S/C27H36F2N4OS/c1-3-4-5-6-8-15-33(27(34)32-23-14-12-21(28)19-22(23)29)16-9-7-10-17-35-26-30-24-13-11-20(2)18-25(24)31-26/h11-14,18-19H,3-10,15-17H2,1-2H3,(H,30,31)(H,32,34). The predicted octanol–water partition coefficient (Wildman–Crippen LogP) is 7.92. The van der Waals surface area contributed by atoms with Gasteiger partial charge in [-0.1, -0.05) is 56.9 Å². The summed E-state index contributed by atoms with van der Waals surface area (Å²) in [7, 11) is 0. The summed E-state index contributed by atoms with van der Waals surface area (Å²) in [5, 5.41) is 3.54. The van der Waals surface area contributed by atoms with Gasteiger partial charge >= 0.3 is 6.03 Å². The maximum atomic E-state index is 14.0. The summed E-state index contributed by atoms with van der Waals surface area (Å²) in [6.45, 7) is 5.48. The second-order valence-corrected chi connectivity index (χ2v) is 10.0. The van der Waals surface area contributed by atoms with Crippen LogP contribution in [0.3, 0.4) is 0 Å². The molecule has 0 radical (unpaired) electrons. The zero-order valence-electron chi connectivity index (χ0n) is 20.7. The quantitative estimate of drug-likeness (QED) is 0.174. The molecular weight excluding hydrogens is 466 g/mol. The molecule has 0 bridgehead atoms. The smallest absolute Gasteiger partial charge is 0.321 e. The van der Waals surface area contributed by atoms with Gasteiger partial charge in [0.25, 0.3) is 0 Å². The van der Waals surface area contributed by atoms with Crippen molar-refractivity contribution < 1.29 is 13.6 Å². The number of rotatable bonds is 14. The summed E-state index contributed by atoms with van der Waals surface area (Å²) in [5.74, 6) is -0.481. The Labute approximate surface area is 211 Å². The lowest BCUT2D eigenvalue weighted by Gasteiger charge is -2.23. The van der Waals surface area contributed by atoms with Gasteiger partial charge in [0.05, 0.1) is 16.7 Å². The number of fused-ring (bicyclic) bond motifs is 1. The Hall–Kier alpha value is -2.61. The van der Waals surface area contributed by atoms with E-state index in [1.165, 1.54) is 24.5 Å². The van der Waals surface area contributed by atoms with Crippen LogP contribution in [0.15, 0.2) is 41.6 Å². The molecule has 3 aromatic rings. The predicted molar refractivity (Wildman–Crippen MR) is 141 cm³/mol. The Balaban J connectivity index is 1.44. The molecule has 1 heterocycles. The third-order valence-corrected chi connectivity index (χ3v) is 6.88. The number of H-pyrrole nitrogens is 1. The van der Waals surface area contributed by atoms with Crippen LogP contribution >= 0.6 is 11.8 Å². The van der Waals surface area contributed by atoms with E-state index < -0.39 is 11.6 Å². The molecule has 190 valence electrons. The summed E-state index contributed by atoms with van der Waals surface area (Å²) >= 11 is 1.71. The molecule has 0 aliphatic rings. The van der Waals surface area contributed by atoms with Gasteiger partial charge < -0.3 is 15.2 Å². The third kappa shape index (κ3) is 8.84. The fourth-order valence-electron chi connectivity index (χ4n) is 3.92. The Bertz CT molecular complexity index is 1090. The minimum absolute atomic E-state index is 0.00446. The van der Waals surface area contributed by atoms with Gasteiger partial charge in [-0.05, 0) is 56.0 Å². The first-order valence-corrected chi connectivity index (χ1v) is 13.5. The molecule has 0 saturated carbocycles. The lowest BCUT2D eigenvalue weighted by atomic mass is 10.1. The molecule has 0 aliphatic heterocycles. The van der Waals surface area contributed by atoms with Crippen LogP contribution in [0, 0.1) is 18.6 Å². The van der Waals surface area contributed by atoms with Crippen molar-refractivity contribution in [1.82, 2.24) is 14.9 Å². The maximum Gasteiger partial charge on any atom is 0.321 e. The first-order chi connectivity index (χ1) is 17.0. The molecule has 0 spiro atoms. The van der Waals surface area contributed by atoms with Gasteiger partial charge in [0.15, 0.2) is 5.16 Å². The van der Waals surface area contributed by atoms with Gasteiger partial charge in [-0.2, -0.15) is 0 Å². The number of imidazole rings is 1. The highest BCUT2D eigenvalue weighted by molar-refractivity contribution is 7.99. The number of amides is 2. The zero-order chi connectivity index (χ0) is 25.0. The number of anilines is 1. The zero-order valence-corrected chi connectivity index (χ0v) is 21.5. The largest absolute Gasteiger partial charge is 0.333 e. The van der Waals surface area contributed by atoms with Crippen LogP contribution in [0.4, 0.5) is 19.3 Å². The van der Waals surface area contributed by atoms with Crippen LogP contribution in [-0.2, 0) is 0 Å². The summed E-state index contributed by atoms with van der Waals surface area (Å²) in [4.78, 5) is 22.6. The van der Waals surface area contributed by atoms with Crippen molar-refractivity contribution >= 4 is 34.5 Å². The Morgan fingerprint density at radius 3 is 2.49 bits per heavy atom. The van der Waals surface area contributed by atoms with Gasteiger partial charge in [0, 0.05) is 24.9 Å². The molecule has 0 saturated heterocycles. The van der Waals surface area contributed by atoms with Gasteiger partial charge in [-0.3, -0.25) is 0 Å². The highest BCUT2D eigenvalue weighted by Gasteiger charge is 2.15. The van der Waals surface area contributed by atoms with Gasteiger partial charge in [0.2, 0.25) is 0 Å². The van der Waals surface area contributed by atoms with Gasteiger partial charge in [-0.15, -0.1) is 0 Å². The normalized spacial score (nSPS) is 11.2. The molecule has 3 rings (SSSR count). The minimum Gasteiger partial charge on any atom is -0.333 e. The fourth-order valence-corrected chi connectivity index (χ4v) is 4.81. The molecule has 0 atom stereocenters. The average Bonchev–Trinajstić information content (AvgIpc) is 3.23. The number of aromatic nitrogens is 2. The van der Waals surface area contributed by atoms with Crippen LogP contribution in [0.1, 0.15) is 63.9 Å². The van der Waals surface area contributed by atoms with Crippen LogP contribution in [0.5, 0.6) is 0 Å². The number of aromatic amines is 1. The number of carbonyl (C=O) groups excluding carboxylic acids is 1. The van der Waals surface area contributed by atoms with Crippen LogP contribution in [0.25, 0.3) is 11.0 Å². The molecule has 0 aliphatic carbocycles. The van der Waals surface area contributed by atoms with Crippen molar-refractivity contribution in [1.29, 1.82) is 0 Å². The molecule has 2 N–H and O–H groups in total. The molecule has 1 aromatic heterocycles. The van der Waals surface area contributed by atoms with E-state index in [1.54, 1.807) is 16.7 Å². The summed E-state index contributed by atoms with van der Waals surface area (Å²) in [6, 6.07) is 9.06. The Morgan fingerprint density at radius 1 is 1.00 bits per heavy atom. The van der Waals surface area contributed by atoms with Crippen LogP contribution in [-0.4, -0.2) is 39.7 Å². The number of hydrogen-bond acceptors (Lipinski definition) is 3. The monoisotopic (exact) mass is 502 g/mol. The molecular formula is C27H36F2N4OS. The average molecular weight is 503 g/mol. The molecule has 0 unspecified atom stereocenters. The van der Waals surface area contributed by atoms with E-state index in [0.717, 1.165) is 72.6 Å². The van der Waals surface area contributed by atoms with Gasteiger partial charge in [0.1, 0.15) is 11.6 Å². The van der Waals surface area contributed by atoms with Gasteiger partial charge in [-0.25, -0.2) is 18.6 Å². The summed E-state index contributed by atoms with van der Waals surface area (Å²) in [6.07, 6.45) is 8.35. The molecule has 8 heteroatoms. The van der Waals surface area contributed by atoms with Crippen molar-refractivity contribution in [3.63, 3.8) is 0 Å². The van der Waals surface area contributed by atoms with Crippen LogP contribution in [0.2, 0.25) is 0 Å². The second kappa shape index (κ2) is 14.1. The van der Waals surface area contributed by atoms with E-state index in [4.69, 9.17) is 0 Å². The first kappa shape index (κ1) is 27.0. The number of urea groups is 1. The van der Waals surface area contributed by atoms with Crippen molar-refractivity contribution in [2.24, 2.45) is 0 Å². The number of aryl methyl sites for hydroxylation is 1. The minimum atomic E-state index is -0.765. The lowest BCUT2D eigenvalue weighted by molar-refractivity contribution is 0.209. The highest BCUT2D eigenvalue weighted by Crippen LogP contribution is 2.22. The van der Waals surface area contributed by atoms with E-state index >= 15 is 0 Å². The first-order valence-electron chi connectivity index (χ1n) is 12.6. The van der Waals surface area contributed by atoms with Crippen molar-refractivity contribution in [3.05, 3.63) is 53.6 Å². The third-order valence-electron chi connectivity index (χ3n) is 5.92. The Morgan fingerprint density at radius 2 is 1.74 bits per heavy atom. The number of carbonyl (C=O) groups is 1. The van der Waals surface area contributed by atoms with E-state index in [-0.39, 0.29) is 11.7 Å². The van der Waals surface area contributed by atoms with E-state index in [9.17, 15) is 13.6 Å². The second-order valence-electron chi connectivity index (χ2n) is 8.93. The summed E-state index contributed by atoms with van der Waals surface area (Å²) in [5.41, 5.74) is 3.26. The maximum absolute atomic E-state index is 14.0.